The third kappa shape index (κ3) is 5.34. The molecular formula is C23H27N6O+. The fourth-order valence-corrected chi connectivity index (χ4v) is 3.66. The summed E-state index contributed by atoms with van der Waals surface area (Å²) in [7, 11) is 4.04. The van der Waals surface area contributed by atoms with Crippen molar-refractivity contribution in [3.8, 4) is 23.4 Å². The minimum absolute atomic E-state index is 0.0431. The number of quaternary nitrogens is 1. The van der Waals surface area contributed by atoms with Crippen molar-refractivity contribution in [3.63, 3.8) is 0 Å². The smallest absolute Gasteiger partial charge is 0.278 e. The number of carbonyl (C=O) groups is 1. The standard InChI is InChI=1S/C23H27N6O/c1-29(2,17-23(30)28-12-5-8-20(28)16-25)13-11-26-22-10-4-9-21(27-22)19-7-3-6-18(14-19)15-24/h3-4,6-7,9-10,14,20H,5,8,11-13,17H2,1-2H3,(H,26,27)/q+1/t20-/m0/s1. The molecule has 0 saturated carbocycles. The van der Waals surface area contributed by atoms with Crippen molar-refractivity contribution < 1.29 is 9.28 Å². The maximum Gasteiger partial charge on any atom is 0.278 e. The van der Waals surface area contributed by atoms with Gasteiger partial charge in [0.25, 0.3) is 5.91 Å². The van der Waals surface area contributed by atoms with Crippen molar-refractivity contribution in [1.29, 1.82) is 10.5 Å². The predicted octanol–water partition coefficient (Wildman–Crippen LogP) is 2.62. The summed E-state index contributed by atoms with van der Waals surface area (Å²) in [5.41, 5.74) is 2.31. The fraction of sp³-hybridized carbons (Fsp3) is 0.391. The van der Waals surface area contributed by atoms with Gasteiger partial charge in [0, 0.05) is 12.1 Å². The van der Waals surface area contributed by atoms with Crippen LogP contribution in [-0.2, 0) is 4.79 Å². The number of nitriles is 2. The Morgan fingerprint density at radius 1 is 1.27 bits per heavy atom. The quantitative estimate of drug-likeness (QED) is 0.718. The summed E-state index contributed by atoms with van der Waals surface area (Å²) in [6.45, 7) is 2.45. The van der Waals surface area contributed by atoms with E-state index in [1.165, 1.54) is 0 Å². The maximum atomic E-state index is 12.6. The number of aromatic nitrogens is 1. The van der Waals surface area contributed by atoms with E-state index in [-0.39, 0.29) is 11.9 Å². The van der Waals surface area contributed by atoms with Gasteiger partial charge in [-0.1, -0.05) is 18.2 Å². The molecule has 1 saturated heterocycles. The van der Waals surface area contributed by atoms with Gasteiger partial charge in [0.1, 0.15) is 11.9 Å². The molecule has 0 radical (unpaired) electrons. The maximum absolute atomic E-state index is 12.6. The lowest BCUT2D eigenvalue weighted by Gasteiger charge is -2.31. The summed E-state index contributed by atoms with van der Waals surface area (Å²) >= 11 is 0. The summed E-state index contributed by atoms with van der Waals surface area (Å²) < 4.78 is 0.532. The van der Waals surface area contributed by atoms with E-state index in [0.29, 0.717) is 29.7 Å². The Morgan fingerprint density at radius 3 is 2.83 bits per heavy atom. The second-order valence-electron chi connectivity index (χ2n) is 8.22. The lowest BCUT2D eigenvalue weighted by atomic mass is 10.1. The zero-order valence-electron chi connectivity index (χ0n) is 17.5. The Bertz CT molecular complexity index is 988. The summed E-state index contributed by atoms with van der Waals surface area (Å²) in [6.07, 6.45) is 1.68. The highest BCUT2D eigenvalue weighted by Gasteiger charge is 2.32. The number of nitrogens with zero attached hydrogens (tertiary/aromatic N) is 5. The number of benzene rings is 1. The molecule has 2 aromatic rings. The molecule has 7 nitrogen and oxygen atoms in total. The van der Waals surface area contributed by atoms with E-state index in [1.807, 2.05) is 50.5 Å². The van der Waals surface area contributed by atoms with Crippen LogP contribution >= 0.6 is 0 Å². The Kier molecular flexibility index (Phi) is 6.66. The van der Waals surface area contributed by atoms with Crippen LogP contribution in [0.1, 0.15) is 18.4 Å². The average Bonchev–Trinajstić information content (AvgIpc) is 3.23. The first-order chi connectivity index (χ1) is 14.4. The largest absolute Gasteiger partial charge is 0.364 e. The fourth-order valence-electron chi connectivity index (χ4n) is 3.66. The molecule has 1 aromatic carbocycles. The highest BCUT2D eigenvalue weighted by molar-refractivity contribution is 5.78. The van der Waals surface area contributed by atoms with Gasteiger partial charge < -0.3 is 14.7 Å². The summed E-state index contributed by atoms with van der Waals surface area (Å²) in [5, 5.41) is 21.6. The average molecular weight is 404 g/mol. The lowest BCUT2D eigenvalue weighted by Crippen LogP contribution is -2.51. The van der Waals surface area contributed by atoms with Crippen LogP contribution in [0.3, 0.4) is 0 Å². The molecule has 1 aliphatic heterocycles. The second kappa shape index (κ2) is 9.39. The molecule has 1 amide bonds. The molecule has 2 heterocycles. The molecule has 0 spiro atoms. The Hall–Kier alpha value is -3.42. The van der Waals surface area contributed by atoms with Crippen LogP contribution in [0.4, 0.5) is 5.82 Å². The van der Waals surface area contributed by atoms with Crippen LogP contribution in [0.5, 0.6) is 0 Å². The lowest BCUT2D eigenvalue weighted by molar-refractivity contribution is -0.881. The molecule has 30 heavy (non-hydrogen) atoms. The molecule has 0 aliphatic carbocycles. The number of nitrogens with one attached hydrogen (secondary N) is 1. The van der Waals surface area contributed by atoms with E-state index in [2.05, 4.69) is 22.4 Å². The molecule has 0 bridgehead atoms. The topological polar surface area (TPSA) is 92.8 Å². The zero-order valence-corrected chi connectivity index (χ0v) is 17.5. The number of likely N-dealkylation sites (tertiary alicyclic amines) is 1. The van der Waals surface area contributed by atoms with E-state index >= 15 is 0 Å². The number of carbonyl (C=O) groups excluding carboxylic acids is 1. The van der Waals surface area contributed by atoms with Crippen LogP contribution in [-0.4, -0.2) is 66.6 Å². The van der Waals surface area contributed by atoms with Gasteiger partial charge in [-0.2, -0.15) is 10.5 Å². The van der Waals surface area contributed by atoms with Crippen LogP contribution < -0.4 is 5.32 Å². The van der Waals surface area contributed by atoms with Crippen LogP contribution in [0.2, 0.25) is 0 Å². The van der Waals surface area contributed by atoms with Crippen LogP contribution in [0, 0.1) is 22.7 Å². The van der Waals surface area contributed by atoms with Crippen molar-refractivity contribution in [2.45, 2.75) is 18.9 Å². The number of hydrogen-bond acceptors (Lipinski definition) is 5. The van der Waals surface area contributed by atoms with Crippen LogP contribution in [0.15, 0.2) is 42.5 Å². The molecule has 7 heteroatoms. The minimum Gasteiger partial charge on any atom is -0.364 e. The molecule has 1 N–H and O–H groups in total. The van der Waals surface area contributed by atoms with Gasteiger partial charge in [-0.3, -0.25) is 4.79 Å². The number of amides is 1. The number of rotatable bonds is 7. The third-order valence-corrected chi connectivity index (χ3v) is 5.35. The monoisotopic (exact) mass is 403 g/mol. The van der Waals surface area contributed by atoms with Crippen molar-refractivity contribution in [3.05, 3.63) is 48.0 Å². The first kappa shape index (κ1) is 21.3. The number of pyridine rings is 1. The third-order valence-electron chi connectivity index (χ3n) is 5.35. The van der Waals surface area contributed by atoms with Crippen LogP contribution in [0.25, 0.3) is 11.3 Å². The molecular weight excluding hydrogens is 376 g/mol. The molecule has 1 fully saturated rings. The van der Waals surface area contributed by atoms with E-state index < -0.39 is 0 Å². The second-order valence-corrected chi connectivity index (χ2v) is 8.22. The summed E-state index contributed by atoms with van der Waals surface area (Å²) in [5.74, 6) is 0.798. The van der Waals surface area contributed by atoms with E-state index in [0.717, 1.165) is 36.5 Å². The molecule has 3 rings (SSSR count). The van der Waals surface area contributed by atoms with E-state index in [1.54, 1.807) is 11.0 Å². The molecule has 1 atom stereocenters. The van der Waals surface area contributed by atoms with Crippen molar-refractivity contribution in [1.82, 2.24) is 9.88 Å². The Labute approximate surface area is 177 Å². The first-order valence-corrected chi connectivity index (χ1v) is 10.1. The first-order valence-electron chi connectivity index (χ1n) is 10.1. The van der Waals surface area contributed by atoms with Crippen molar-refractivity contribution >= 4 is 11.7 Å². The normalized spacial score (nSPS) is 16.0. The van der Waals surface area contributed by atoms with E-state index in [4.69, 9.17) is 5.26 Å². The highest BCUT2D eigenvalue weighted by atomic mass is 16.2. The zero-order chi connectivity index (χ0) is 21.6. The van der Waals surface area contributed by atoms with Gasteiger partial charge in [0.15, 0.2) is 6.54 Å². The molecule has 0 unspecified atom stereocenters. The molecule has 1 aliphatic rings. The van der Waals surface area contributed by atoms with Gasteiger partial charge >= 0.3 is 0 Å². The van der Waals surface area contributed by atoms with Gasteiger partial charge in [-0.05, 0) is 37.1 Å². The van der Waals surface area contributed by atoms with Gasteiger partial charge in [-0.25, -0.2) is 4.98 Å². The Balaban J connectivity index is 1.56. The minimum atomic E-state index is -0.276. The van der Waals surface area contributed by atoms with Gasteiger partial charge in [0.2, 0.25) is 0 Å². The number of likely N-dealkylation sites (N-methyl/N-ethyl adjacent to an activating group) is 1. The highest BCUT2D eigenvalue weighted by Crippen LogP contribution is 2.20. The summed E-state index contributed by atoms with van der Waals surface area (Å²) in [4.78, 5) is 19.0. The van der Waals surface area contributed by atoms with Crippen molar-refractivity contribution in [2.75, 3.05) is 45.6 Å². The number of hydrogen-bond donors (Lipinski definition) is 1. The summed E-state index contributed by atoms with van der Waals surface area (Å²) in [6, 6.07) is 17.2. The van der Waals surface area contributed by atoms with E-state index in [9.17, 15) is 10.1 Å². The molecule has 1 aromatic heterocycles. The SMILES string of the molecule is C[N+](C)(CCNc1cccc(-c2cccc(C#N)c2)n1)CC(=O)N1CCC[C@H]1C#N. The number of anilines is 1. The van der Waals surface area contributed by atoms with Crippen molar-refractivity contribution in [2.24, 2.45) is 0 Å². The van der Waals surface area contributed by atoms with Gasteiger partial charge in [0.05, 0.1) is 50.6 Å². The molecule has 154 valence electrons. The van der Waals surface area contributed by atoms with Gasteiger partial charge in [-0.15, -0.1) is 0 Å². The Morgan fingerprint density at radius 2 is 2.07 bits per heavy atom. The predicted molar refractivity (Wildman–Crippen MR) is 115 cm³/mol.